The van der Waals surface area contributed by atoms with Gasteiger partial charge in [-0.3, -0.25) is 9.69 Å². The molecule has 2 unspecified atom stereocenters. The summed E-state index contributed by atoms with van der Waals surface area (Å²) in [5, 5.41) is 3.55. The SMILES string of the molecule is O=C(NCC1CN2CCCC2CO1)c1ccc(I)c(Cl)c1. The fourth-order valence-corrected chi connectivity index (χ4v) is 3.47. The Kier molecular flexibility index (Phi) is 5.03. The molecular formula is C15H18ClIN2O2. The first-order valence-electron chi connectivity index (χ1n) is 7.22. The van der Waals surface area contributed by atoms with Crippen molar-refractivity contribution in [3.05, 3.63) is 32.4 Å². The van der Waals surface area contributed by atoms with E-state index in [0.717, 1.165) is 23.3 Å². The Morgan fingerprint density at radius 1 is 1.52 bits per heavy atom. The predicted molar refractivity (Wildman–Crippen MR) is 90.8 cm³/mol. The van der Waals surface area contributed by atoms with Gasteiger partial charge in [-0.05, 0) is 60.2 Å². The summed E-state index contributed by atoms with van der Waals surface area (Å²) in [5.41, 5.74) is 0.593. The molecule has 114 valence electrons. The third-order valence-corrected chi connectivity index (χ3v) is 5.71. The zero-order chi connectivity index (χ0) is 14.8. The molecule has 1 aromatic rings. The molecule has 3 rings (SSSR count). The van der Waals surface area contributed by atoms with Crippen LogP contribution in [-0.4, -0.2) is 49.2 Å². The van der Waals surface area contributed by atoms with E-state index in [9.17, 15) is 4.79 Å². The first-order chi connectivity index (χ1) is 10.1. The molecule has 2 saturated heterocycles. The lowest BCUT2D eigenvalue weighted by atomic mass is 10.1. The molecule has 1 amide bonds. The Morgan fingerprint density at radius 3 is 3.19 bits per heavy atom. The van der Waals surface area contributed by atoms with Crippen LogP contribution in [0.5, 0.6) is 0 Å². The van der Waals surface area contributed by atoms with Crippen molar-refractivity contribution < 1.29 is 9.53 Å². The van der Waals surface area contributed by atoms with Crippen molar-refractivity contribution in [3.8, 4) is 0 Å². The molecule has 0 bridgehead atoms. The van der Waals surface area contributed by atoms with Gasteiger partial charge in [-0.15, -0.1) is 0 Å². The number of halogens is 2. The van der Waals surface area contributed by atoms with Crippen LogP contribution >= 0.6 is 34.2 Å². The summed E-state index contributed by atoms with van der Waals surface area (Å²) >= 11 is 8.19. The van der Waals surface area contributed by atoms with Gasteiger partial charge in [-0.25, -0.2) is 0 Å². The molecule has 0 saturated carbocycles. The number of amides is 1. The lowest BCUT2D eigenvalue weighted by molar-refractivity contribution is -0.0461. The largest absolute Gasteiger partial charge is 0.373 e. The molecule has 1 N–H and O–H groups in total. The number of hydrogen-bond acceptors (Lipinski definition) is 3. The minimum Gasteiger partial charge on any atom is -0.373 e. The molecule has 4 nitrogen and oxygen atoms in total. The number of rotatable bonds is 3. The highest BCUT2D eigenvalue weighted by Gasteiger charge is 2.32. The monoisotopic (exact) mass is 420 g/mol. The third-order valence-electron chi connectivity index (χ3n) is 4.13. The quantitative estimate of drug-likeness (QED) is 0.764. The second kappa shape index (κ2) is 6.81. The molecule has 21 heavy (non-hydrogen) atoms. The molecule has 2 aliphatic heterocycles. The Bertz CT molecular complexity index is 540. The highest BCUT2D eigenvalue weighted by molar-refractivity contribution is 14.1. The van der Waals surface area contributed by atoms with E-state index in [1.807, 2.05) is 6.07 Å². The maximum absolute atomic E-state index is 12.1. The van der Waals surface area contributed by atoms with Crippen LogP contribution in [0.25, 0.3) is 0 Å². The molecule has 0 aliphatic carbocycles. The average Bonchev–Trinajstić information content (AvgIpc) is 2.95. The van der Waals surface area contributed by atoms with Gasteiger partial charge in [-0.2, -0.15) is 0 Å². The van der Waals surface area contributed by atoms with Crippen LogP contribution in [0.15, 0.2) is 18.2 Å². The van der Waals surface area contributed by atoms with Gasteiger partial charge in [-0.1, -0.05) is 11.6 Å². The highest BCUT2D eigenvalue weighted by Crippen LogP contribution is 2.22. The summed E-state index contributed by atoms with van der Waals surface area (Å²) in [6.45, 7) is 3.41. The number of carbonyl (C=O) groups is 1. The fourth-order valence-electron chi connectivity index (χ4n) is 2.96. The molecule has 2 heterocycles. The van der Waals surface area contributed by atoms with Gasteiger partial charge in [0.05, 0.1) is 17.7 Å². The molecule has 2 fully saturated rings. The maximum Gasteiger partial charge on any atom is 0.251 e. The van der Waals surface area contributed by atoms with E-state index in [-0.39, 0.29) is 12.0 Å². The average molecular weight is 421 g/mol. The van der Waals surface area contributed by atoms with Crippen LogP contribution in [0.1, 0.15) is 23.2 Å². The topological polar surface area (TPSA) is 41.6 Å². The lowest BCUT2D eigenvalue weighted by Gasteiger charge is -2.35. The predicted octanol–water partition coefficient (Wildman–Crippen LogP) is 2.54. The molecule has 0 radical (unpaired) electrons. The number of benzene rings is 1. The Morgan fingerprint density at radius 2 is 2.38 bits per heavy atom. The van der Waals surface area contributed by atoms with Gasteiger partial charge < -0.3 is 10.1 Å². The standard InChI is InChI=1S/C15H18ClIN2O2/c16-13-6-10(3-4-14(13)17)15(20)18-7-12-8-19-5-1-2-11(19)9-21-12/h3-4,6,11-12H,1-2,5,7-9H2,(H,18,20). The van der Waals surface area contributed by atoms with Crippen molar-refractivity contribution in [2.24, 2.45) is 0 Å². The van der Waals surface area contributed by atoms with E-state index in [2.05, 4.69) is 32.8 Å². The zero-order valence-corrected chi connectivity index (χ0v) is 14.6. The first-order valence-corrected chi connectivity index (χ1v) is 8.68. The van der Waals surface area contributed by atoms with Gasteiger partial charge in [0.1, 0.15) is 0 Å². The van der Waals surface area contributed by atoms with Crippen LogP contribution in [0, 0.1) is 3.57 Å². The van der Waals surface area contributed by atoms with Gasteiger partial charge in [0, 0.05) is 28.3 Å². The minimum absolute atomic E-state index is 0.0858. The fraction of sp³-hybridized carbons (Fsp3) is 0.533. The first kappa shape index (κ1) is 15.5. The van der Waals surface area contributed by atoms with Crippen molar-refractivity contribution >= 4 is 40.1 Å². The molecule has 2 atom stereocenters. The second-order valence-corrected chi connectivity index (χ2v) is 7.15. The molecule has 6 heteroatoms. The molecule has 0 aromatic heterocycles. The number of carbonyl (C=O) groups excluding carboxylic acids is 1. The van der Waals surface area contributed by atoms with Crippen molar-refractivity contribution in [1.29, 1.82) is 0 Å². The van der Waals surface area contributed by atoms with Crippen LogP contribution in [0.4, 0.5) is 0 Å². The van der Waals surface area contributed by atoms with E-state index in [1.165, 1.54) is 12.8 Å². The Balaban J connectivity index is 1.52. The van der Waals surface area contributed by atoms with Crippen molar-refractivity contribution in [1.82, 2.24) is 10.2 Å². The van der Waals surface area contributed by atoms with Crippen LogP contribution < -0.4 is 5.32 Å². The van der Waals surface area contributed by atoms with Gasteiger partial charge >= 0.3 is 0 Å². The van der Waals surface area contributed by atoms with Crippen LogP contribution in [-0.2, 0) is 4.74 Å². The molecule has 0 spiro atoms. The Hall–Kier alpha value is -0.370. The number of fused-ring (bicyclic) bond motifs is 1. The third kappa shape index (κ3) is 3.70. The molecule has 2 aliphatic rings. The van der Waals surface area contributed by atoms with Crippen molar-refractivity contribution in [3.63, 3.8) is 0 Å². The van der Waals surface area contributed by atoms with E-state index in [0.29, 0.717) is 23.2 Å². The summed E-state index contributed by atoms with van der Waals surface area (Å²) < 4.78 is 6.78. The van der Waals surface area contributed by atoms with Gasteiger partial charge in [0.25, 0.3) is 5.91 Å². The summed E-state index contributed by atoms with van der Waals surface area (Å²) in [6, 6.07) is 5.94. The zero-order valence-electron chi connectivity index (χ0n) is 11.6. The number of morpholine rings is 1. The van der Waals surface area contributed by atoms with E-state index >= 15 is 0 Å². The number of ether oxygens (including phenoxy) is 1. The van der Waals surface area contributed by atoms with E-state index in [1.54, 1.807) is 12.1 Å². The minimum atomic E-state index is -0.0968. The summed E-state index contributed by atoms with van der Waals surface area (Å²) in [4.78, 5) is 14.6. The normalized spacial score (nSPS) is 25.6. The molecular weight excluding hydrogens is 403 g/mol. The van der Waals surface area contributed by atoms with Crippen LogP contribution in [0.3, 0.4) is 0 Å². The van der Waals surface area contributed by atoms with Gasteiger partial charge in [0.15, 0.2) is 0 Å². The maximum atomic E-state index is 12.1. The van der Waals surface area contributed by atoms with E-state index < -0.39 is 0 Å². The number of nitrogens with zero attached hydrogens (tertiary/aromatic N) is 1. The van der Waals surface area contributed by atoms with E-state index in [4.69, 9.17) is 16.3 Å². The second-order valence-electron chi connectivity index (χ2n) is 5.59. The number of hydrogen-bond donors (Lipinski definition) is 1. The smallest absolute Gasteiger partial charge is 0.251 e. The highest BCUT2D eigenvalue weighted by atomic mass is 127. The summed E-state index contributed by atoms with van der Waals surface area (Å²) in [5.74, 6) is -0.0968. The van der Waals surface area contributed by atoms with Crippen molar-refractivity contribution in [2.45, 2.75) is 25.0 Å². The van der Waals surface area contributed by atoms with Crippen LogP contribution in [0.2, 0.25) is 5.02 Å². The number of nitrogens with one attached hydrogen (secondary N) is 1. The van der Waals surface area contributed by atoms with Crippen molar-refractivity contribution in [2.75, 3.05) is 26.2 Å². The lowest BCUT2D eigenvalue weighted by Crippen LogP contribution is -2.50. The molecule has 1 aromatic carbocycles. The summed E-state index contributed by atoms with van der Waals surface area (Å²) in [7, 11) is 0. The van der Waals surface area contributed by atoms with Gasteiger partial charge in [0.2, 0.25) is 0 Å². The Labute approximate surface area is 143 Å². The summed E-state index contributed by atoms with van der Waals surface area (Å²) in [6.07, 6.45) is 2.58.